The van der Waals surface area contributed by atoms with E-state index in [1.807, 2.05) is 20.8 Å². The van der Waals surface area contributed by atoms with E-state index < -0.39 is 6.04 Å². The largest absolute Gasteiger partial charge is 0.358 e. The lowest BCUT2D eigenvalue weighted by atomic mass is 9.87. The maximum atomic E-state index is 10.9. The smallest absolute Gasteiger partial charge is 0.237 e. The molecule has 0 aliphatic rings. The Bertz CT molecular complexity index is 126. The second-order valence-electron chi connectivity index (χ2n) is 3.46. The van der Waals surface area contributed by atoms with Crippen LogP contribution in [-0.2, 0) is 4.79 Å². The maximum absolute atomic E-state index is 10.9. The molecule has 0 aromatic carbocycles. The molecule has 0 bridgehead atoms. The zero-order chi connectivity index (χ0) is 8.36. The summed E-state index contributed by atoms with van der Waals surface area (Å²) in [5.41, 5.74) is 5.44. The molecule has 60 valence electrons. The quantitative estimate of drug-likeness (QED) is 0.548. The third-order valence-corrected chi connectivity index (χ3v) is 1.46. The van der Waals surface area contributed by atoms with E-state index in [9.17, 15) is 4.79 Å². The molecule has 3 nitrogen and oxygen atoms in total. The first-order valence-corrected chi connectivity index (χ1v) is 3.36. The number of amides is 1. The van der Waals surface area contributed by atoms with E-state index in [1.54, 1.807) is 7.05 Å². The van der Waals surface area contributed by atoms with Crippen LogP contribution in [0, 0.1) is 5.41 Å². The monoisotopic (exact) mass is 144 g/mol. The van der Waals surface area contributed by atoms with Crippen molar-refractivity contribution in [3.8, 4) is 0 Å². The van der Waals surface area contributed by atoms with E-state index in [0.29, 0.717) is 0 Å². The minimum atomic E-state index is -0.419. The third-order valence-electron chi connectivity index (χ3n) is 1.46. The predicted octanol–water partition coefficient (Wildman–Crippen LogP) is 0.106. The first-order valence-electron chi connectivity index (χ1n) is 3.36. The molecule has 0 aromatic rings. The molecule has 10 heavy (non-hydrogen) atoms. The first-order chi connectivity index (χ1) is 4.39. The lowest BCUT2D eigenvalue weighted by Crippen LogP contribution is -2.47. The minimum Gasteiger partial charge on any atom is -0.358 e. The number of hydrogen-bond donors (Lipinski definition) is 2. The van der Waals surface area contributed by atoms with Crippen molar-refractivity contribution in [2.45, 2.75) is 26.8 Å². The summed E-state index contributed by atoms with van der Waals surface area (Å²) in [6, 6.07) is -0.419. The van der Waals surface area contributed by atoms with Crippen LogP contribution in [-0.4, -0.2) is 19.0 Å². The highest BCUT2D eigenvalue weighted by Crippen LogP contribution is 2.16. The molecule has 0 radical (unpaired) electrons. The van der Waals surface area contributed by atoms with Crippen LogP contribution in [0.15, 0.2) is 0 Å². The van der Waals surface area contributed by atoms with Crippen molar-refractivity contribution in [3.05, 3.63) is 0 Å². The molecule has 0 spiro atoms. The summed E-state index contributed by atoms with van der Waals surface area (Å²) in [4.78, 5) is 10.9. The second kappa shape index (κ2) is 3.01. The number of carbonyl (C=O) groups excluding carboxylic acids is 1. The van der Waals surface area contributed by atoms with Crippen molar-refractivity contribution in [2.75, 3.05) is 7.05 Å². The fourth-order valence-corrected chi connectivity index (χ4v) is 0.549. The van der Waals surface area contributed by atoms with Crippen LogP contribution in [0.5, 0.6) is 0 Å². The van der Waals surface area contributed by atoms with Gasteiger partial charge in [0.25, 0.3) is 0 Å². The first kappa shape index (κ1) is 9.43. The predicted molar refractivity (Wildman–Crippen MR) is 41.5 cm³/mol. The molecule has 0 fully saturated rings. The lowest BCUT2D eigenvalue weighted by molar-refractivity contribution is -0.123. The zero-order valence-electron chi connectivity index (χ0n) is 7.06. The van der Waals surface area contributed by atoms with Gasteiger partial charge in [0.2, 0.25) is 5.91 Å². The number of nitrogens with two attached hydrogens (primary N) is 1. The summed E-state index contributed by atoms with van der Waals surface area (Å²) < 4.78 is 0. The van der Waals surface area contributed by atoms with Crippen LogP contribution in [0.1, 0.15) is 20.8 Å². The van der Waals surface area contributed by atoms with Crippen LogP contribution >= 0.6 is 0 Å². The van der Waals surface area contributed by atoms with Crippen LogP contribution < -0.4 is 11.1 Å². The van der Waals surface area contributed by atoms with Gasteiger partial charge in [-0.05, 0) is 5.41 Å². The molecule has 0 rings (SSSR count). The number of rotatable bonds is 1. The highest BCUT2D eigenvalue weighted by atomic mass is 16.2. The maximum Gasteiger partial charge on any atom is 0.237 e. The summed E-state index contributed by atoms with van der Waals surface area (Å²) in [7, 11) is 1.59. The normalized spacial score (nSPS) is 14.5. The van der Waals surface area contributed by atoms with Crippen molar-refractivity contribution in [1.82, 2.24) is 5.32 Å². The van der Waals surface area contributed by atoms with Gasteiger partial charge in [-0.2, -0.15) is 0 Å². The Morgan fingerprint density at radius 1 is 1.50 bits per heavy atom. The van der Waals surface area contributed by atoms with Crippen LogP contribution in [0.3, 0.4) is 0 Å². The minimum absolute atomic E-state index is 0.104. The molecular weight excluding hydrogens is 128 g/mol. The van der Waals surface area contributed by atoms with Gasteiger partial charge in [0, 0.05) is 7.05 Å². The van der Waals surface area contributed by atoms with Crippen LogP contribution in [0.2, 0.25) is 0 Å². The molecule has 0 heterocycles. The van der Waals surface area contributed by atoms with Gasteiger partial charge in [0.05, 0.1) is 6.04 Å². The number of likely N-dealkylation sites (N-methyl/N-ethyl adjacent to an activating group) is 1. The van der Waals surface area contributed by atoms with Crippen molar-refractivity contribution in [1.29, 1.82) is 0 Å². The number of nitrogens with one attached hydrogen (secondary N) is 1. The molecular formula is C7H16N2O. The Labute approximate surface area is 62.0 Å². The fourth-order valence-electron chi connectivity index (χ4n) is 0.549. The Morgan fingerprint density at radius 2 is 1.90 bits per heavy atom. The molecule has 0 aliphatic carbocycles. The summed E-state index contributed by atoms with van der Waals surface area (Å²) in [5, 5.41) is 2.51. The molecule has 1 unspecified atom stereocenters. The van der Waals surface area contributed by atoms with Gasteiger partial charge in [0.15, 0.2) is 0 Å². The van der Waals surface area contributed by atoms with Crippen molar-refractivity contribution in [2.24, 2.45) is 11.1 Å². The summed E-state index contributed by atoms with van der Waals surface area (Å²) in [6.45, 7) is 5.81. The molecule has 1 amide bonds. The van der Waals surface area contributed by atoms with Gasteiger partial charge >= 0.3 is 0 Å². The summed E-state index contributed by atoms with van der Waals surface area (Å²) in [5.74, 6) is -0.104. The summed E-state index contributed by atoms with van der Waals surface area (Å²) >= 11 is 0. The summed E-state index contributed by atoms with van der Waals surface area (Å²) in [6.07, 6.45) is 0. The Kier molecular flexibility index (Phi) is 2.84. The fraction of sp³-hybridized carbons (Fsp3) is 0.857. The second-order valence-corrected chi connectivity index (χ2v) is 3.46. The zero-order valence-corrected chi connectivity index (χ0v) is 7.06. The van der Waals surface area contributed by atoms with Crippen molar-refractivity contribution < 1.29 is 4.79 Å². The molecule has 0 aromatic heterocycles. The van der Waals surface area contributed by atoms with Gasteiger partial charge in [-0.25, -0.2) is 0 Å². The van der Waals surface area contributed by atoms with Gasteiger partial charge in [-0.15, -0.1) is 0 Å². The standard InChI is InChI=1S/C7H16N2O/c1-7(2,3)5(8)6(10)9-4/h5H,8H2,1-4H3,(H,9,10). The van der Waals surface area contributed by atoms with E-state index in [1.165, 1.54) is 0 Å². The number of carbonyl (C=O) groups is 1. The molecule has 0 saturated heterocycles. The Morgan fingerprint density at radius 3 is 2.00 bits per heavy atom. The molecule has 3 N–H and O–H groups in total. The average molecular weight is 144 g/mol. The SMILES string of the molecule is CNC(=O)C(N)C(C)(C)C. The Hall–Kier alpha value is -0.570. The third kappa shape index (κ3) is 2.35. The van der Waals surface area contributed by atoms with E-state index >= 15 is 0 Å². The van der Waals surface area contributed by atoms with Gasteiger partial charge < -0.3 is 11.1 Å². The van der Waals surface area contributed by atoms with Crippen LogP contribution in [0.4, 0.5) is 0 Å². The van der Waals surface area contributed by atoms with E-state index in [4.69, 9.17) is 5.73 Å². The van der Waals surface area contributed by atoms with E-state index in [-0.39, 0.29) is 11.3 Å². The number of hydrogen-bond acceptors (Lipinski definition) is 2. The van der Waals surface area contributed by atoms with Crippen LogP contribution in [0.25, 0.3) is 0 Å². The average Bonchev–Trinajstić information content (AvgIpc) is 1.83. The lowest BCUT2D eigenvalue weighted by Gasteiger charge is -2.24. The van der Waals surface area contributed by atoms with Crippen molar-refractivity contribution in [3.63, 3.8) is 0 Å². The molecule has 3 heteroatoms. The molecule has 1 atom stereocenters. The molecule has 0 saturated carbocycles. The van der Waals surface area contributed by atoms with E-state index in [2.05, 4.69) is 5.32 Å². The van der Waals surface area contributed by atoms with E-state index in [0.717, 1.165) is 0 Å². The Balaban J connectivity index is 4.08. The highest BCUT2D eigenvalue weighted by molar-refractivity contribution is 5.81. The van der Waals surface area contributed by atoms with Gasteiger partial charge in [-0.3, -0.25) is 4.79 Å². The van der Waals surface area contributed by atoms with Gasteiger partial charge in [0.1, 0.15) is 0 Å². The molecule has 0 aliphatic heterocycles. The highest BCUT2D eigenvalue weighted by Gasteiger charge is 2.26. The van der Waals surface area contributed by atoms with Gasteiger partial charge in [-0.1, -0.05) is 20.8 Å². The topological polar surface area (TPSA) is 55.1 Å². The van der Waals surface area contributed by atoms with Crippen molar-refractivity contribution >= 4 is 5.91 Å².